The number of hydrogen-bond donors (Lipinski definition) is 0. The first-order chi connectivity index (χ1) is 6.29. The Morgan fingerprint density at radius 1 is 1.69 bits per heavy atom. The van der Waals surface area contributed by atoms with E-state index in [0.29, 0.717) is 17.5 Å². The number of halogens is 1. The van der Waals surface area contributed by atoms with Crippen molar-refractivity contribution < 1.29 is 0 Å². The molecule has 0 aliphatic rings. The largest absolute Gasteiger partial charge is 0.312 e. The first-order valence-corrected chi connectivity index (χ1v) is 5.55. The van der Waals surface area contributed by atoms with Gasteiger partial charge >= 0.3 is 0 Å². The van der Waals surface area contributed by atoms with Crippen molar-refractivity contribution in [2.45, 2.75) is 18.5 Å². The number of aryl methyl sites for hydroxylation is 1. The highest BCUT2D eigenvalue weighted by Crippen LogP contribution is 2.09. The lowest BCUT2D eigenvalue weighted by Crippen LogP contribution is -2.21. The van der Waals surface area contributed by atoms with Crippen LogP contribution in [-0.4, -0.2) is 21.2 Å². The minimum absolute atomic E-state index is 0.0277. The molecular formula is C8H11ClN2OS. The van der Waals surface area contributed by atoms with Gasteiger partial charge in [-0.2, -0.15) is 0 Å². The molecule has 0 radical (unpaired) electrons. The summed E-state index contributed by atoms with van der Waals surface area (Å²) < 4.78 is 1.63. The van der Waals surface area contributed by atoms with E-state index < -0.39 is 0 Å². The van der Waals surface area contributed by atoms with Gasteiger partial charge in [-0.3, -0.25) is 4.79 Å². The number of thioether (sulfide) groups is 1. The first kappa shape index (κ1) is 10.6. The zero-order chi connectivity index (χ0) is 9.68. The molecule has 0 aliphatic heterocycles. The van der Waals surface area contributed by atoms with Crippen LogP contribution < -0.4 is 5.56 Å². The Labute approximate surface area is 86.1 Å². The molecule has 1 aromatic heterocycles. The van der Waals surface area contributed by atoms with Crippen molar-refractivity contribution in [2.75, 3.05) is 11.6 Å². The summed E-state index contributed by atoms with van der Waals surface area (Å²) in [6, 6.07) is 0. The highest BCUT2D eigenvalue weighted by molar-refractivity contribution is 7.99. The third-order valence-electron chi connectivity index (χ3n) is 1.54. The molecule has 1 aromatic rings. The van der Waals surface area contributed by atoms with Crippen molar-refractivity contribution in [2.24, 2.45) is 0 Å². The van der Waals surface area contributed by atoms with Gasteiger partial charge in [0.05, 0.1) is 0 Å². The second kappa shape index (κ2) is 5.29. The number of rotatable bonds is 4. The Bertz CT molecular complexity index is 326. The van der Waals surface area contributed by atoms with Crippen molar-refractivity contribution in [1.29, 1.82) is 0 Å². The molecule has 1 heterocycles. The second-order valence-corrected chi connectivity index (χ2v) is 3.82. The maximum atomic E-state index is 11.5. The van der Waals surface area contributed by atoms with E-state index in [1.54, 1.807) is 17.0 Å². The molecule has 0 bridgehead atoms. The van der Waals surface area contributed by atoms with Crippen molar-refractivity contribution in [3.8, 4) is 0 Å². The molecule has 0 saturated carbocycles. The Hall–Kier alpha value is -0.480. The Kier molecular flexibility index (Phi) is 4.32. The third-order valence-corrected chi connectivity index (χ3v) is 2.91. The molecule has 1 rings (SSSR count). The number of alkyl halides is 1. The molecule has 0 unspecified atom stereocenters. The fourth-order valence-corrected chi connectivity index (χ4v) is 1.79. The molecule has 72 valence electrons. The molecule has 0 atom stereocenters. The summed E-state index contributed by atoms with van der Waals surface area (Å²) in [6.45, 7) is 2.60. The maximum Gasteiger partial charge on any atom is 0.283 e. The molecule has 3 nitrogen and oxygen atoms in total. The fraction of sp³-hybridized carbons (Fsp3) is 0.500. The van der Waals surface area contributed by atoms with Gasteiger partial charge in [-0.1, -0.05) is 11.8 Å². The van der Waals surface area contributed by atoms with Crippen LogP contribution in [-0.2, 0) is 6.54 Å². The molecule has 0 N–H and O–H groups in total. The summed E-state index contributed by atoms with van der Waals surface area (Å²) in [5, 5.41) is 0.532. The summed E-state index contributed by atoms with van der Waals surface area (Å²) in [5.74, 6) is 1.25. The molecule has 5 heteroatoms. The van der Waals surface area contributed by atoms with E-state index in [2.05, 4.69) is 4.98 Å². The lowest BCUT2D eigenvalue weighted by molar-refractivity contribution is 0.692. The highest BCUT2D eigenvalue weighted by Gasteiger charge is 2.02. The zero-order valence-corrected chi connectivity index (χ0v) is 8.94. The van der Waals surface area contributed by atoms with Crippen LogP contribution in [0, 0.1) is 0 Å². The van der Waals surface area contributed by atoms with Crippen molar-refractivity contribution in [1.82, 2.24) is 9.55 Å². The van der Waals surface area contributed by atoms with E-state index in [1.165, 1.54) is 11.8 Å². The highest BCUT2D eigenvalue weighted by atomic mass is 35.5. The zero-order valence-electron chi connectivity index (χ0n) is 7.36. The van der Waals surface area contributed by atoms with E-state index in [1.807, 2.05) is 6.92 Å². The van der Waals surface area contributed by atoms with Crippen molar-refractivity contribution in [3.05, 3.63) is 22.7 Å². The van der Waals surface area contributed by atoms with Crippen molar-refractivity contribution >= 4 is 23.4 Å². The molecule has 0 aromatic carbocycles. The van der Waals surface area contributed by atoms with Crippen LogP contribution in [0.4, 0.5) is 0 Å². The molecular weight excluding hydrogens is 208 g/mol. The normalized spacial score (nSPS) is 10.3. The van der Waals surface area contributed by atoms with Gasteiger partial charge in [0.15, 0.2) is 5.03 Å². The van der Waals surface area contributed by atoms with Gasteiger partial charge in [0, 0.05) is 30.6 Å². The minimum Gasteiger partial charge on any atom is -0.312 e. The standard InChI is InChI=1S/C8H11ClN2OS/c1-2-11-5-4-10-7(8(11)12)13-6-3-9/h4-5H,2-3,6H2,1H3. The van der Waals surface area contributed by atoms with Crippen LogP contribution in [0.1, 0.15) is 6.92 Å². The van der Waals surface area contributed by atoms with Crippen molar-refractivity contribution in [3.63, 3.8) is 0 Å². The van der Waals surface area contributed by atoms with E-state index in [9.17, 15) is 4.79 Å². The monoisotopic (exact) mass is 218 g/mol. The second-order valence-electron chi connectivity index (χ2n) is 2.36. The smallest absolute Gasteiger partial charge is 0.283 e. The topological polar surface area (TPSA) is 34.9 Å². The summed E-state index contributed by atoms with van der Waals surface area (Å²) in [4.78, 5) is 15.5. The lowest BCUT2D eigenvalue weighted by Gasteiger charge is -2.02. The number of nitrogens with zero attached hydrogens (tertiary/aromatic N) is 2. The molecule has 0 saturated heterocycles. The van der Waals surface area contributed by atoms with E-state index in [-0.39, 0.29) is 5.56 Å². The van der Waals surface area contributed by atoms with Gasteiger partial charge in [-0.05, 0) is 6.92 Å². The van der Waals surface area contributed by atoms with E-state index in [4.69, 9.17) is 11.6 Å². The molecule has 13 heavy (non-hydrogen) atoms. The fourth-order valence-electron chi connectivity index (χ4n) is 0.911. The maximum absolute atomic E-state index is 11.5. The van der Waals surface area contributed by atoms with Gasteiger partial charge < -0.3 is 4.57 Å². The molecule has 0 spiro atoms. The minimum atomic E-state index is -0.0277. The summed E-state index contributed by atoms with van der Waals surface area (Å²) in [7, 11) is 0. The van der Waals surface area contributed by atoms with Gasteiger partial charge in [-0.25, -0.2) is 4.98 Å². The van der Waals surface area contributed by atoms with Crippen LogP contribution in [0.2, 0.25) is 0 Å². The van der Waals surface area contributed by atoms with E-state index in [0.717, 1.165) is 5.75 Å². The van der Waals surface area contributed by atoms with Gasteiger partial charge in [0.2, 0.25) is 0 Å². The SMILES string of the molecule is CCn1ccnc(SCCCl)c1=O. The Morgan fingerprint density at radius 3 is 3.08 bits per heavy atom. The average Bonchev–Trinajstić information content (AvgIpc) is 2.16. The molecule has 0 fully saturated rings. The van der Waals surface area contributed by atoms with Crippen LogP contribution in [0.15, 0.2) is 22.2 Å². The predicted molar refractivity (Wildman–Crippen MR) is 55.6 cm³/mol. The summed E-state index contributed by atoms with van der Waals surface area (Å²) in [6.07, 6.45) is 3.33. The van der Waals surface area contributed by atoms with Crippen LogP contribution in [0.3, 0.4) is 0 Å². The van der Waals surface area contributed by atoms with E-state index >= 15 is 0 Å². The summed E-state index contributed by atoms with van der Waals surface area (Å²) >= 11 is 6.92. The lowest BCUT2D eigenvalue weighted by atomic mass is 10.6. The Balaban J connectivity index is 2.88. The van der Waals surface area contributed by atoms with Crippen LogP contribution in [0.5, 0.6) is 0 Å². The molecule has 0 amide bonds. The van der Waals surface area contributed by atoms with Gasteiger partial charge in [0.25, 0.3) is 5.56 Å². The first-order valence-electron chi connectivity index (χ1n) is 4.03. The number of hydrogen-bond acceptors (Lipinski definition) is 3. The van der Waals surface area contributed by atoms with Crippen LogP contribution in [0.25, 0.3) is 0 Å². The summed E-state index contributed by atoms with van der Waals surface area (Å²) in [5.41, 5.74) is -0.0277. The average molecular weight is 219 g/mol. The van der Waals surface area contributed by atoms with Gasteiger partial charge in [-0.15, -0.1) is 11.6 Å². The quantitative estimate of drug-likeness (QED) is 0.569. The predicted octanol–water partition coefficient (Wildman–Crippen LogP) is 1.59. The van der Waals surface area contributed by atoms with Gasteiger partial charge in [0.1, 0.15) is 0 Å². The Morgan fingerprint density at radius 2 is 2.46 bits per heavy atom. The third kappa shape index (κ3) is 2.74. The number of aromatic nitrogens is 2. The van der Waals surface area contributed by atoms with Crippen LogP contribution >= 0.6 is 23.4 Å². The molecule has 0 aliphatic carbocycles.